The van der Waals surface area contributed by atoms with Crippen molar-refractivity contribution in [3.8, 4) is 11.3 Å². The quantitative estimate of drug-likeness (QED) is 0.227. The molecule has 1 aromatic heterocycles. The molecule has 0 unspecified atom stereocenters. The molecule has 10 heteroatoms. The molecule has 2 aromatic carbocycles. The summed E-state index contributed by atoms with van der Waals surface area (Å²) in [6.07, 6.45) is 4.64. The van der Waals surface area contributed by atoms with E-state index in [0.29, 0.717) is 31.5 Å². The van der Waals surface area contributed by atoms with Gasteiger partial charge in [-0.15, -0.1) is 0 Å². The van der Waals surface area contributed by atoms with Crippen molar-refractivity contribution in [1.29, 1.82) is 0 Å². The van der Waals surface area contributed by atoms with Gasteiger partial charge in [0.05, 0.1) is 22.9 Å². The Morgan fingerprint density at radius 1 is 1.09 bits per heavy atom. The Morgan fingerprint density at radius 3 is 2.48 bits per heavy atom. The number of rotatable bonds is 12. The molecule has 0 bridgehead atoms. The first-order valence-electron chi connectivity index (χ1n) is 10.6. The number of unbranched alkanes of at least 4 members (excludes halogenated alkanes) is 2. The molecule has 0 aliphatic rings. The zero-order valence-corrected chi connectivity index (χ0v) is 19.0. The number of aromatic amines is 1. The van der Waals surface area contributed by atoms with Crippen LogP contribution in [-0.4, -0.2) is 29.1 Å². The number of imidazole rings is 1. The number of carbonyl (C=O) groups excluding carboxylic acids is 1. The van der Waals surface area contributed by atoms with Crippen molar-refractivity contribution in [2.45, 2.75) is 50.0 Å². The number of benzene rings is 2. The van der Waals surface area contributed by atoms with Gasteiger partial charge in [0.2, 0.25) is 10.0 Å². The maximum atomic E-state index is 13.1. The first kappa shape index (κ1) is 24.3. The molecule has 174 valence electrons. The van der Waals surface area contributed by atoms with E-state index in [1.54, 1.807) is 6.20 Å². The molecule has 33 heavy (non-hydrogen) atoms. The van der Waals surface area contributed by atoms with Crippen LogP contribution in [0.5, 0.6) is 0 Å². The zero-order valence-electron chi connectivity index (χ0n) is 18.2. The number of nitrogens with zero attached hydrogens (tertiary/aromatic N) is 2. The van der Waals surface area contributed by atoms with Crippen molar-refractivity contribution in [3.05, 3.63) is 76.7 Å². The third-order valence-electron chi connectivity index (χ3n) is 5.18. The topological polar surface area (TPSA) is 135 Å². The third kappa shape index (κ3) is 6.56. The Balaban J connectivity index is 1.85. The van der Waals surface area contributed by atoms with Gasteiger partial charge in [-0.05, 0) is 31.4 Å². The van der Waals surface area contributed by atoms with Crippen LogP contribution in [0.1, 0.15) is 50.9 Å². The molecule has 0 fully saturated rings. The number of carbonyl (C=O) groups is 1. The smallest absolute Gasteiger partial charge is 0.289 e. The highest BCUT2D eigenvalue weighted by atomic mass is 32.2. The summed E-state index contributed by atoms with van der Waals surface area (Å²) in [5, 5.41) is 11.4. The van der Waals surface area contributed by atoms with E-state index in [2.05, 4.69) is 14.7 Å². The number of nitrogens with one attached hydrogen (secondary N) is 2. The number of ketones is 1. The number of H-pyrrole nitrogens is 1. The minimum absolute atomic E-state index is 0.113. The van der Waals surface area contributed by atoms with Crippen LogP contribution in [0.3, 0.4) is 0 Å². The van der Waals surface area contributed by atoms with E-state index >= 15 is 0 Å². The van der Waals surface area contributed by atoms with Gasteiger partial charge < -0.3 is 9.78 Å². The largest absolute Gasteiger partial charge is 0.341 e. The SMILES string of the molecule is CC(=O)CCCCC[C@H](NS(=O)(=O)c1ccccc1[N+](=O)[O-])c1ncc(-c2ccccc2)[nH]1. The minimum Gasteiger partial charge on any atom is -0.341 e. The van der Waals surface area contributed by atoms with Crippen molar-refractivity contribution in [1.82, 2.24) is 14.7 Å². The highest BCUT2D eigenvalue weighted by Crippen LogP contribution is 2.27. The van der Waals surface area contributed by atoms with Gasteiger partial charge in [-0.1, -0.05) is 55.3 Å². The number of para-hydroxylation sites is 1. The van der Waals surface area contributed by atoms with Crippen LogP contribution in [-0.2, 0) is 14.8 Å². The second-order valence-electron chi connectivity index (χ2n) is 7.75. The Bertz CT molecular complexity index is 1210. The van der Waals surface area contributed by atoms with Gasteiger partial charge in [0, 0.05) is 12.5 Å². The maximum absolute atomic E-state index is 13.1. The molecule has 3 rings (SSSR count). The van der Waals surface area contributed by atoms with Crippen LogP contribution < -0.4 is 4.72 Å². The lowest BCUT2D eigenvalue weighted by atomic mass is 10.1. The number of aromatic nitrogens is 2. The average molecular weight is 471 g/mol. The molecule has 0 saturated carbocycles. The molecule has 0 saturated heterocycles. The molecule has 1 atom stereocenters. The Hall–Kier alpha value is -3.37. The van der Waals surface area contributed by atoms with E-state index < -0.39 is 31.6 Å². The zero-order chi connectivity index (χ0) is 23.8. The Labute approximate surface area is 192 Å². The summed E-state index contributed by atoms with van der Waals surface area (Å²) in [7, 11) is -4.20. The predicted molar refractivity (Wildman–Crippen MR) is 124 cm³/mol. The van der Waals surface area contributed by atoms with Crippen molar-refractivity contribution < 1.29 is 18.1 Å². The maximum Gasteiger partial charge on any atom is 0.289 e. The molecular weight excluding hydrogens is 444 g/mol. The Kier molecular flexibility index (Phi) is 8.07. The van der Waals surface area contributed by atoms with Gasteiger partial charge >= 0.3 is 0 Å². The van der Waals surface area contributed by atoms with Gasteiger partial charge in [0.25, 0.3) is 5.69 Å². The van der Waals surface area contributed by atoms with Crippen molar-refractivity contribution >= 4 is 21.5 Å². The van der Waals surface area contributed by atoms with Gasteiger partial charge in [0.1, 0.15) is 11.6 Å². The summed E-state index contributed by atoms with van der Waals surface area (Å²) < 4.78 is 28.8. The number of hydrogen-bond acceptors (Lipinski definition) is 6. The number of hydrogen-bond donors (Lipinski definition) is 2. The monoisotopic (exact) mass is 470 g/mol. The van der Waals surface area contributed by atoms with E-state index in [1.165, 1.54) is 25.1 Å². The van der Waals surface area contributed by atoms with Crippen LogP contribution in [0.2, 0.25) is 0 Å². The van der Waals surface area contributed by atoms with Crippen molar-refractivity contribution in [3.63, 3.8) is 0 Å². The summed E-state index contributed by atoms with van der Waals surface area (Å²) in [6.45, 7) is 1.54. The lowest BCUT2D eigenvalue weighted by Crippen LogP contribution is -2.30. The van der Waals surface area contributed by atoms with Crippen molar-refractivity contribution in [2.75, 3.05) is 0 Å². The molecule has 2 N–H and O–H groups in total. The second kappa shape index (κ2) is 11.0. The van der Waals surface area contributed by atoms with E-state index in [-0.39, 0.29) is 5.78 Å². The molecule has 0 amide bonds. The van der Waals surface area contributed by atoms with Gasteiger partial charge in [-0.3, -0.25) is 10.1 Å². The lowest BCUT2D eigenvalue weighted by molar-refractivity contribution is -0.387. The van der Waals surface area contributed by atoms with E-state index in [0.717, 1.165) is 23.7 Å². The molecule has 1 heterocycles. The highest BCUT2D eigenvalue weighted by molar-refractivity contribution is 7.89. The normalized spacial score (nSPS) is 12.4. The molecule has 9 nitrogen and oxygen atoms in total. The summed E-state index contributed by atoms with van der Waals surface area (Å²) in [5.74, 6) is 0.532. The summed E-state index contributed by atoms with van der Waals surface area (Å²) in [5.41, 5.74) is 1.14. The summed E-state index contributed by atoms with van der Waals surface area (Å²) >= 11 is 0. The van der Waals surface area contributed by atoms with Crippen LogP contribution >= 0.6 is 0 Å². The van der Waals surface area contributed by atoms with Crippen molar-refractivity contribution in [2.24, 2.45) is 0 Å². The summed E-state index contributed by atoms with van der Waals surface area (Å²) in [4.78, 5) is 29.0. The molecule has 0 aliphatic heterocycles. The molecule has 0 aliphatic carbocycles. The fourth-order valence-electron chi connectivity index (χ4n) is 3.51. The molecular formula is C23H26N4O5S. The summed E-state index contributed by atoms with van der Waals surface area (Å²) in [6, 6.07) is 14.0. The number of sulfonamides is 1. The van der Waals surface area contributed by atoms with Gasteiger partial charge in [-0.2, -0.15) is 0 Å². The first-order valence-corrected chi connectivity index (χ1v) is 12.1. The Morgan fingerprint density at radius 2 is 1.79 bits per heavy atom. The van der Waals surface area contributed by atoms with E-state index in [9.17, 15) is 23.3 Å². The van der Waals surface area contributed by atoms with Crippen LogP contribution in [0.15, 0.2) is 65.7 Å². The predicted octanol–water partition coefficient (Wildman–Crippen LogP) is 4.54. The van der Waals surface area contributed by atoms with E-state index in [4.69, 9.17) is 0 Å². The minimum atomic E-state index is -4.20. The van der Waals surface area contributed by atoms with Gasteiger partial charge in [-0.25, -0.2) is 18.1 Å². The van der Waals surface area contributed by atoms with Crippen LogP contribution in [0.25, 0.3) is 11.3 Å². The first-order chi connectivity index (χ1) is 15.8. The van der Waals surface area contributed by atoms with Crippen LogP contribution in [0.4, 0.5) is 5.69 Å². The van der Waals surface area contributed by atoms with E-state index in [1.807, 2.05) is 30.3 Å². The standard InChI is InChI=1S/C23H26N4O5S/c1-17(28)10-4-2-7-13-19(23-24-16-20(25-23)18-11-5-3-6-12-18)26-33(31,32)22-15-9-8-14-21(22)27(29)30/h3,5-6,8-9,11-12,14-16,19,26H,2,4,7,10,13H2,1H3,(H,24,25)/t19-/m0/s1. The second-order valence-corrected chi connectivity index (χ2v) is 9.43. The van der Waals surface area contributed by atoms with Gasteiger partial charge in [0.15, 0.2) is 4.90 Å². The molecule has 0 radical (unpaired) electrons. The highest BCUT2D eigenvalue weighted by Gasteiger charge is 2.29. The number of nitro groups is 1. The fourth-order valence-corrected chi connectivity index (χ4v) is 4.92. The lowest BCUT2D eigenvalue weighted by Gasteiger charge is -2.17. The average Bonchev–Trinajstić information content (AvgIpc) is 3.29. The van der Waals surface area contributed by atoms with Crippen LogP contribution in [0, 0.1) is 10.1 Å². The number of Topliss-reactive ketones (excluding diaryl/α,β-unsaturated/α-hetero) is 1. The number of nitro benzene ring substituents is 1. The third-order valence-corrected chi connectivity index (χ3v) is 6.70. The fraction of sp³-hybridized carbons (Fsp3) is 0.304. The molecule has 0 spiro atoms. The molecule has 3 aromatic rings.